The quantitative estimate of drug-likeness (QED) is 0.527. The maximum absolute atomic E-state index is 5.47. The Hall–Kier alpha value is -3.22. The normalized spacial score (nSPS) is 14.8. The lowest BCUT2D eigenvalue weighted by atomic mass is 10.1. The molecule has 3 heterocycles. The molecule has 1 aromatic carbocycles. The summed E-state index contributed by atoms with van der Waals surface area (Å²) in [5.74, 6) is 2.83. The molecule has 1 aliphatic carbocycles. The molecular weight excluding hydrogens is 352 g/mol. The third kappa shape index (κ3) is 3.24. The lowest BCUT2D eigenvalue weighted by Crippen LogP contribution is -2.03. The molecule has 1 saturated carbocycles. The Morgan fingerprint density at radius 3 is 2.79 bits per heavy atom. The van der Waals surface area contributed by atoms with E-state index in [-0.39, 0.29) is 0 Å². The Morgan fingerprint density at radius 2 is 1.96 bits per heavy atom. The first kappa shape index (κ1) is 16.9. The molecule has 0 radical (unpaired) electrons. The predicted molar refractivity (Wildman–Crippen MR) is 104 cm³/mol. The fraction of sp³-hybridized carbons (Fsp3) is 0.333. The van der Waals surface area contributed by atoms with Crippen LogP contribution in [0.1, 0.15) is 43.3 Å². The minimum Gasteiger partial charge on any atom is -0.339 e. The molecule has 1 fully saturated rings. The van der Waals surface area contributed by atoms with Crippen LogP contribution in [0.15, 0.2) is 53.4 Å². The Kier molecular flexibility index (Phi) is 4.27. The van der Waals surface area contributed by atoms with E-state index in [9.17, 15) is 0 Å². The minimum absolute atomic E-state index is 0.434. The SMILES string of the molecule is Cn1ccnc1-c1cccc(-c2ccn(Cc3noc(C4CCCC4)n3)n2)c1. The van der Waals surface area contributed by atoms with Crippen molar-refractivity contribution in [2.24, 2.45) is 7.05 Å². The van der Waals surface area contributed by atoms with E-state index >= 15 is 0 Å². The Morgan fingerprint density at radius 1 is 1.11 bits per heavy atom. The molecule has 0 amide bonds. The van der Waals surface area contributed by atoms with E-state index in [2.05, 4.69) is 33.3 Å². The molecular formula is C21H22N6O. The van der Waals surface area contributed by atoms with Gasteiger partial charge in [0.2, 0.25) is 5.89 Å². The number of nitrogens with zero attached hydrogens (tertiary/aromatic N) is 6. The van der Waals surface area contributed by atoms with E-state index in [1.165, 1.54) is 12.8 Å². The number of rotatable bonds is 5. The van der Waals surface area contributed by atoms with Crippen molar-refractivity contribution in [2.75, 3.05) is 0 Å². The molecule has 0 saturated heterocycles. The smallest absolute Gasteiger partial charge is 0.229 e. The van der Waals surface area contributed by atoms with Crippen LogP contribution in [0, 0.1) is 0 Å². The molecule has 0 unspecified atom stereocenters. The summed E-state index contributed by atoms with van der Waals surface area (Å²) in [6.45, 7) is 0.509. The molecule has 28 heavy (non-hydrogen) atoms. The molecule has 0 bridgehead atoms. The average Bonchev–Trinajstić information content (AvgIpc) is 3.50. The van der Waals surface area contributed by atoms with E-state index in [0.717, 1.165) is 41.4 Å². The molecule has 0 spiro atoms. The molecule has 1 aliphatic rings. The van der Waals surface area contributed by atoms with Crippen LogP contribution in [0.4, 0.5) is 0 Å². The van der Waals surface area contributed by atoms with Gasteiger partial charge in [0.25, 0.3) is 0 Å². The summed E-state index contributed by atoms with van der Waals surface area (Å²) in [7, 11) is 1.99. The summed E-state index contributed by atoms with van der Waals surface area (Å²) >= 11 is 0. The van der Waals surface area contributed by atoms with Gasteiger partial charge in [-0.2, -0.15) is 10.1 Å². The summed E-state index contributed by atoms with van der Waals surface area (Å²) < 4.78 is 9.33. The Balaban J connectivity index is 1.34. The minimum atomic E-state index is 0.434. The van der Waals surface area contributed by atoms with E-state index < -0.39 is 0 Å². The van der Waals surface area contributed by atoms with Crippen molar-refractivity contribution in [2.45, 2.75) is 38.1 Å². The van der Waals surface area contributed by atoms with Crippen LogP contribution in [0.2, 0.25) is 0 Å². The fourth-order valence-corrected chi connectivity index (χ4v) is 3.88. The number of imidazole rings is 1. The lowest BCUT2D eigenvalue weighted by molar-refractivity contribution is 0.349. The molecule has 0 aliphatic heterocycles. The van der Waals surface area contributed by atoms with Gasteiger partial charge < -0.3 is 9.09 Å². The second kappa shape index (κ2) is 7.07. The molecule has 5 rings (SSSR count). The Bertz CT molecular complexity index is 1090. The zero-order chi connectivity index (χ0) is 18.9. The zero-order valence-electron chi connectivity index (χ0n) is 15.8. The van der Waals surface area contributed by atoms with Crippen molar-refractivity contribution in [3.05, 3.63) is 60.6 Å². The van der Waals surface area contributed by atoms with Crippen molar-refractivity contribution in [1.82, 2.24) is 29.5 Å². The van der Waals surface area contributed by atoms with E-state index in [1.807, 2.05) is 47.0 Å². The highest BCUT2D eigenvalue weighted by Crippen LogP contribution is 2.33. The van der Waals surface area contributed by atoms with E-state index in [4.69, 9.17) is 9.62 Å². The highest BCUT2D eigenvalue weighted by molar-refractivity contribution is 5.67. The maximum atomic E-state index is 5.47. The number of aryl methyl sites for hydroxylation is 1. The molecule has 0 atom stereocenters. The summed E-state index contributed by atoms with van der Waals surface area (Å²) in [6.07, 6.45) is 10.5. The molecule has 0 N–H and O–H groups in total. The van der Waals surface area contributed by atoms with E-state index in [1.54, 1.807) is 0 Å². The van der Waals surface area contributed by atoms with Crippen LogP contribution in [0.5, 0.6) is 0 Å². The van der Waals surface area contributed by atoms with Gasteiger partial charge >= 0.3 is 0 Å². The number of aromatic nitrogens is 6. The van der Waals surface area contributed by atoms with Crippen LogP contribution in [-0.4, -0.2) is 29.5 Å². The van der Waals surface area contributed by atoms with Crippen LogP contribution < -0.4 is 0 Å². The van der Waals surface area contributed by atoms with Gasteiger partial charge in [0, 0.05) is 42.7 Å². The molecule has 142 valence electrons. The standard InChI is InChI=1S/C21H22N6O/c1-26-12-10-22-20(26)17-8-4-7-16(13-17)18-9-11-27(24-18)14-19-23-21(28-25-19)15-5-2-3-6-15/h4,7-13,15H,2-3,5-6,14H2,1H3. The zero-order valence-corrected chi connectivity index (χ0v) is 15.8. The first-order valence-electron chi connectivity index (χ1n) is 9.70. The van der Waals surface area contributed by atoms with Crippen LogP contribution >= 0.6 is 0 Å². The lowest BCUT2D eigenvalue weighted by Gasteiger charge is -2.04. The van der Waals surface area contributed by atoms with Gasteiger partial charge in [0.15, 0.2) is 5.82 Å². The molecule has 3 aromatic heterocycles. The molecule has 7 heteroatoms. The van der Waals surface area contributed by atoms with Crippen molar-refractivity contribution < 1.29 is 4.52 Å². The second-order valence-electron chi connectivity index (χ2n) is 7.37. The third-order valence-electron chi connectivity index (χ3n) is 5.37. The topological polar surface area (TPSA) is 74.6 Å². The van der Waals surface area contributed by atoms with Crippen LogP contribution in [0.25, 0.3) is 22.6 Å². The highest BCUT2D eigenvalue weighted by Gasteiger charge is 2.23. The summed E-state index contributed by atoms with van der Waals surface area (Å²) in [4.78, 5) is 9.00. The van der Waals surface area contributed by atoms with Gasteiger partial charge in [-0.05, 0) is 25.0 Å². The van der Waals surface area contributed by atoms with Gasteiger partial charge in [0.05, 0.1) is 5.69 Å². The van der Waals surface area contributed by atoms with Crippen molar-refractivity contribution >= 4 is 0 Å². The first-order chi connectivity index (χ1) is 13.8. The maximum Gasteiger partial charge on any atom is 0.229 e. The monoisotopic (exact) mass is 374 g/mol. The van der Waals surface area contributed by atoms with E-state index in [0.29, 0.717) is 18.3 Å². The number of hydrogen-bond donors (Lipinski definition) is 0. The first-order valence-corrected chi connectivity index (χ1v) is 9.70. The summed E-state index contributed by atoms with van der Waals surface area (Å²) in [5.41, 5.74) is 3.04. The predicted octanol–water partition coefficient (Wildman–Crippen LogP) is 4.04. The average molecular weight is 374 g/mol. The summed E-state index contributed by atoms with van der Waals surface area (Å²) in [6, 6.07) is 10.3. The number of hydrogen-bond acceptors (Lipinski definition) is 5. The van der Waals surface area contributed by atoms with Crippen LogP contribution in [-0.2, 0) is 13.6 Å². The van der Waals surface area contributed by atoms with Crippen molar-refractivity contribution in [3.8, 4) is 22.6 Å². The third-order valence-corrected chi connectivity index (χ3v) is 5.37. The highest BCUT2D eigenvalue weighted by atomic mass is 16.5. The van der Waals surface area contributed by atoms with Crippen molar-refractivity contribution in [3.63, 3.8) is 0 Å². The second-order valence-corrected chi connectivity index (χ2v) is 7.37. The van der Waals surface area contributed by atoms with Crippen LogP contribution in [0.3, 0.4) is 0 Å². The fourth-order valence-electron chi connectivity index (χ4n) is 3.88. The van der Waals surface area contributed by atoms with Gasteiger partial charge in [-0.25, -0.2) is 4.98 Å². The van der Waals surface area contributed by atoms with Crippen molar-refractivity contribution in [1.29, 1.82) is 0 Å². The van der Waals surface area contributed by atoms with Gasteiger partial charge in [-0.3, -0.25) is 4.68 Å². The molecule has 4 aromatic rings. The number of benzene rings is 1. The largest absolute Gasteiger partial charge is 0.339 e. The van der Waals surface area contributed by atoms with Gasteiger partial charge in [0.1, 0.15) is 12.4 Å². The summed E-state index contributed by atoms with van der Waals surface area (Å²) in [5, 5.41) is 8.83. The van der Waals surface area contributed by atoms with Gasteiger partial charge in [-0.1, -0.05) is 36.2 Å². The Labute approximate surface area is 163 Å². The molecule has 7 nitrogen and oxygen atoms in total. The van der Waals surface area contributed by atoms with Gasteiger partial charge in [-0.15, -0.1) is 0 Å².